The average Bonchev–Trinajstić information content (AvgIpc) is 2.77. The highest BCUT2D eigenvalue weighted by Crippen LogP contribution is 2.39. The molecule has 5 heteroatoms. The molecule has 1 saturated heterocycles. The summed E-state index contributed by atoms with van der Waals surface area (Å²) >= 11 is 0. The zero-order chi connectivity index (χ0) is 14.4. The molecule has 1 fully saturated rings. The van der Waals surface area contributed by atoms with Crippen molar-refractivity contribution in [2.45, 2.75) is 18.7 Å². The van der Waals surface area contributed by atoms with Gasteiger partial charge in [-0.1, -0.05) is 30.7 Å². The van der Waals surface area contributed by atoms with Crippen molar-refractivity contribution in [1.29, 1.82) is 0 Å². The summed E-state index contributed by atoms with van der Waals surface area (Å²) in [6, 6.07) is 7.03. The summed E-state index contributed by atoms with van der Waals surface area (Å²) in [7, 11) is -3.41. The van der Waals surface area contributed by atoms with Gasteiger partial charge in [0.15, 0.2) is 0 Å². The first-order chi connectivity index (χ1) is 9.42. The predicted molar refractivity (Wildman–Crippen MR) is 76.9 cm³/mol. The molecule has 3 rings (SSSR count). The van der Waals surface area contributed by atoms with E-state index in [0.717, 1.165) is 5.56 Å². The molecule has 0 radical (unpaired) electrons. The molecular weight excluding hydrogens is 274 g/mol. The predicted octanol–water partition coefficient (Wildman–Crippen LogP) is 1.96. The van der Waals surface area contributed by atoms with Crippen LogP contribution in [0.3, 0.4) is 0 Å². The van der Waals surface area contributed by atoms with Crippen molar-refractivity contribution in [1.82, 2.24) is 4.31 Å². The van der Waals surface area contributed by atoms with Crippen LogP contribution in [0.1, 0.15) is 12.5 Å². The van der Waals surface area contributed by atoms with E-state index < -0.39 is 10.0 Å². The van der Waals surface area contributed by atoms with Gasteiger partial charge in [0.1, 0.15) is 0 Å². The Kier molecular flexibility index (Phi) is 3.23. The molecule has 20 heavy (non-hydrogen) atoms. The minimum Gasteiger partial charge on any atom is -0.376 e. The summed E-state index contributed by atoms with van der Waals surface area (Å²) in [5.74, 6) is 0. The lowest BCUT2D eigenvalue weighted by Gasteiger charge is -2.28. The van der Waals surface area contributed by atoms with Gasteiger partial charge in [0.25, 0.3) is 0 Å². The molecule has 0 spiro atoms. The van der Waals surface area contributed by atoms with Crippen molar-refractivity contribution in [3.05, 3.63) is 41.5 Å². The number of rotatable bonds is 2. The molecule has 1 aromatic rings. The van der Waals surface area contributed by atoms with E-state index in [9.17, 15) is 8.42 Å². The first kappa shape index (κ1) is 13.8. The lowest BCUT2D eigenvalue weighted by molar-refractivity contribution is 0.0808. The summed E-state index contributed by atoms with van der Waals surface area (Å²) in [6.07, 6.45) is 2.02. The van der Waals surface area contributed by atoms with Crippen LogP contribution >= 0.6 is 0 Å². The third-order valence-corrected chi connectivity index (χ3v) is 5.98. The van der Waals surface area contributed by atoms with Crippen molar-refractivity contribution in [2.75, 3.05) is 26.3 Å². The molecule has 0 bridgehead atoms. The van der Waals surface area contributed by atoms with Gasteiger partial charge in [-0.25, -0.2) is 8.42 Å². The third-order valence-electron chi connectivity index (χ3n) is 4.17. The second kappa shape index (κ2) is 4.69. The van der Waals surface area contributed by atoms with E-state index in [-0.39, 0.29) is 5.41 Å². The molecule has 0 amide bonds. The highest BCUT2D eigenvalue weighted by molar-refractivity contribution is 7.89. The van der Waals surface area contributed by atoms with Gasteiger partial charge in [-0.15, -0.1) is 0 Å². The van der Waals surface area contributed by atoms with Crippen molar-refractivity contribution >= 4 is 10.0 Å². The Labute approximate surface area is 120 Å². The minimum atomic E-state index is -3.41. The maximum atomic E-state index is 12.7. The number of ether oxygens (including phenoxy) is 1. The molecule has 0 N–H and O–H groups in total. The van der Waals surface area contributed by atoms with Crippen molar-refractivity contribution < 1.29 is 13.2 Å². The Hall–Kier alpha value is -1.17. The summed E-state index contributed by atoms with van der Waals surface area (Å²) in [4.78, 5) is 0.367. The second-order valence-electron chi connectivity index (χ2n) is 5.89. The number of aryl methyl sites for hydroxylation is 1. The number of hydrogen-bond donors (Lipinski definition) is 0. The van der Waals surface area contributed by atoms with Gasteiger partial charge in [-0.05, 0) is 24.6 Å². The van der Waals surface area contributed by atoms with Crippen molar-refractivity contribution in [3.8, 4) is 0 Å². The molecule has 1 aromatic carbocycles. The van der Waals surface area contributed by atoms with Crippen LogP contribution in [0, 0.1) is 12.3 Å². The van der Waals surface area contributed by atoms with Crippen LogP contribution in [-0.4, -0.2) is 39.0 Å². The Balaban J connectivity index is 1.92. The quantitative estimate of drug-likeness (QED) is 0.783. The minimum absolute atomic E-state index is 0.171. The van der Waals surface area contributed by atoms with Crippen LogP contribution < -0.4 is 0 Å². The number of nitrogens with zero attached hydrogens (tertiary/aromatic N) is 1. The van der Waals surface area contributed by atoms with Gasteiger partial charge in [-0.2, -0.15) is 4.31 Å². The SMILES string of the molecule is Cc1ccc(S(=O)(=O)N2CC3=CCOCC3(C)C2)cc1. The monoisotopic (exact) mass is 293 g/mol. The lowest BCUT2D eigenvalue weighted by Crippen LogP contribution is -2.34. The van der Waals surface area contributed by atoms with Crippen LogP contribution in [0.2, 0.25) is 0 Å². The van der Waals surface area contributed by atoms with Gasteiger partial charge in [0.2, 0.25) is 10.0 Å². The summed E-state index contributed by atoms with van der Waals surface area (Å²) in [5, 5.41) is 0. The maximum Gasteiger partial charge on any atom is 0.243 e. The van der Waals surface area contributed by atoms with Crippen LogP contribution in [-0.2, 0) is 14.8 Å². The second-order valence-corrected chi connectivity index (χ2v) is 7.83. The number of benzene rings is 1. The Bertz CT molecular complexity index is 648. The standard InChI is InChI=1S/C15H19NO3S/c1-12-3-5-14(6-4-12)20(17,18)16-9-13-7-8-19-11-15(13,2)10-16/h3-7H,8-11H2,1-2H3. The fourth-order valence-electron chi connectivity index (χ4n) is 2.85. The first-order valence-corrected chi connectivity index (χ1v) is 8.20. The summed E-state index contributed by atoms with van der Waals surface area (Å²) in [5.41, 5.74) is 2.07. The molecule has 2 heterocycles. The summed E-state index contributed by atoms with van der Waals surface area (Å²) in [6.45, 7) is 6.18. The Morgan fingerprint density at radius 1 is 1.25 bits per heavy atom. The first-order valence-electron chi connectivity index (χ1n) is 6.76. The highest BCUT2D eigenvalue weighted by atomic mass is 32.2. The number of hydrogen-bond acceptors (Lipinski definition) is 3. The number of sulfonamides is 1. The molecule has 1 unspecified atom stereocenters. The van der Waals surface area contributed by atoms with Crippen LogP contribution in [0.4, 0.5) is 0 Å². The van der Waals surface area contributed by atoms with Crippen molar-refractivity contribution in [3.63, 3.8) is 0 Å². The Morgan fingerprint density at radius 3 is 2.60 bits per heavy atom. The smallest absolute Gasteiger partial charge is 0.243 e. The fourth-order valence-corrected chi connectivity index (χ4v) is 4.39. The topological polar surface area (TPSA) is 46.6 Å². The molecule has 2 aliphatic rings. The van der Waals surface area contributed by atoms with Gasteiger partial charge in [0.05, 0.1) is 18.1 Å². The van der Waals surface area contributed by atoms with Gasteiger partial charge < -0.3 is 4.74 Å². The van der Waals surface area contributed by atoms with E-state index >= 15 is 0 Å². The van der Waals surface area contributed by atoms with Crippen LogP contribution in [0.15, 0.2) is 40.8 Å². The van der Waals surface area contributed by atoms with Gasteiger partial charge >= 0.3 is 0 Å². The zero-order valence-corrected chi connectivity index (χ0v) is 12.6. The maximum absolute atomic E-state index is 12.7. The van der Waals surface area contributed by atoms with Crippen LogP contribution in [0.25, 0.3) is 0 Å². The van der Waals surface area contributed by atoms with Gasteiger partial charge in [0, 0.05) is 18.5 Å². The van der Waals surface area contributed by atoms with E-state index in [1.54, 1.807) is 16.4 Å². The third kappa shape index (κ3) is 2.20. The molecule has 0 aromatic heterocycles. The lowest BCUT2D eigenvalue weighted by atomic mass is 9.85. The number of fused-ring (bicyclic) bond motifs is 1. The van der Waals surface area contributed by atoms with E-state index in [1.807, 2.05) is 25.1 Å². The van der Waals surface area contributed by atoms with Gasteiger partial charge in [-0.3, -0.25) is 0 Å². The molecular formula is C15H19NO3S. The highest BCUT2D eigenvalue weighted by Gasteiger charge is 2.44. The van der Waals surface area contributed by atoms with E-state index in [2.05, 4.69) is 6.92 Å². The van der Waals surface area contributed by atoms with E-state index in [1.165, 1.54) is 5.57 Å². The average molecular weight is 293 g/mol. The largest absolute Gasteiger partial charge is 0.376 e. The zero-order valence-electron chi connectivity index (χ0n) is 11.8. The normalized spacial score (nSPS) is 27.2. The molecule has 4 nitrogen and oxygen atoms in total. The molecule has 1 atom stereocenters. The molecule has 2 aliphatic heterocycles. The van der Waals surface area contributed by atoms with Crippen LogP contribution in [0.5, 0.6) is 0 Å². The van der Waals surface area contributed by atoms with Crippen molar-refractivity contribution in [2.24, 2.45) is 5.41 Å². The molecule has 0 saturated carbocycles. The van der Waals surface area contributed by atoms with E-state index in [0.29, 0.717) is 31.2 Å². The fraction of sp³-hybridized carbons (Fsp3) is 0.467. The Morgan fingerprint density at radius 2 is 1.95 bits per heavy atom. The molecule has 108 valence electrons. The van der Waals surface area contributed by atoms with E-state index in [4.69, 9.17) is 4.74 Å². The summed E-state index contributed by atoms with van der Waals surface area (Å²) < 4.78 is 32.4. The molecule has 0 aliphatic carbocycles.